The minimum absolute atomic E-state index is 0.00391. The Morgan fingerprint density at radius 2 is 1.91 bits per heavy atom. The van der Waals surface area contributed by atoms with E-state index in [2.05, 4.69) is 26.5 Å². The van der Waals surface area contributed by atoms with Gasteiger partial charge in [-0.05, 0) is 61.6 Å². The van der Waals surface area contributed by atoms with Crippen LogP contribution in [0.2, 0.25) is 5.02 Å². The van der Waals surface area contributed by atoms with Crippen LogP contribution >= 0.6 is 11.6 Å². The molecule has 0 N–H and O–H groups in total. The van der Waals surface area contributed by atoms with Gasteiger partial charge in [-0.25, -0.2) is 32.1 Å². The molecule has 4 aromatic rings. The molecular formula is C30H29ClFN7O4S. The van der Waals surface area contributed by atoms with Crippen molar-refractivity contribution >= 4 is 44.2 Å². The fraction of sp³-hybridized carbons (Fsp3) is 0.333. The molecule has 44 heavy (non-hydrogen) atoms. The van der Waals surface area contributed by atoms with Crippen molar-refractivity contribution in [2.45, 2.75) is 43.2 Å². The summed E-state index contributed by atoms with van der Waals surface area (Å²) in [6.45, 7) is 6.37. The van der Waals surface area contributed by atoms with Crippen molar-refractivity contribution in [1.29, 1.82) is 0 Å². The van der Waals surface area contributed by atoms with Gasteiger partial charge in [0.15, 0.2) is 26.3 Å². The molecule has 228 valence electrons. The van der Waals surface area contributed by atoms with Gasteiger partial charge in [0.1, 0.15) is 17.2 Å². The van der Waals surface area contributed by atoms with E-state index in [1.807, 2.05) is 11.8 Å². The summed E-state index contributed by atoms with van der Waals surface area (Å²) in [7, 11) is -3.93. The van der Waals surface area contributed by atoms with Crippen LogP contribution in [0.5, 0.6) is 0 Å². The molecule has 0 aromatic carbocycles. The first kappa shape index (κ1) is 29.8. The molecule has 2 fully saturated rings. The van der Waals surface area contributed by atoms with Crippen LogP contribution < -0.4 is 10.6 Å². The van der Waals surface area contributed by atoms with Gasteiger partial charge in [0.05, 0.1) is 16.1 Å². The van der Waals surface area contributed by atoms with Crippen LogP contribution in [0.1, 0.15) is 37.7 Å². The number of pyridine rings is 3. The van der Waals surface area contributed by atoms with E-state index in [1.165, 1.54) is 24.5 Å². The van der Waals surface area contributed by atoms with Gasteiger partial charge in [0, 0.05) is 44.3 Å². The minimum atomic E-state index is -3.93. The number of aromatic nitrogens is 5. The lowest BCUT2D eigenvalue weighted by molar-refractivity contribution is -0.126. The summed E-state index contributed by atoms with van der Waals surface area (Å²) < 4.78 is 43.2. The van der Waals surface area contributed by atoms with Gasteiger partial charge in [-0.3, -0.25) is 9.78 Å². The van der Waals surface area contributed by atoms with E-state index in [9.17, 15) is 18.0 Å². The molecule has 1 saturated heterocycles. The number of nitrogens with zero attached hydrogens (tertiary/aromatic N) is 7. The molecule has 5 heterocycles. The summed E-state index contributed by atoms with van der Waals surface area (Å²) in [5.74, 6) is -0.814. The zero-order valence-electron chi connectivity index (χ0n) is 24.1. The fourth-order valence-corrected chi connectivity index (χ4v) is 6.87. The molecule has 1 atom stereocenters. The second-order valence-corrected chi connectivity index (χ2v) is 13.4. The average molecular weight is 638 g/mol. The minimum Gasteiger partial charge on any atom is -0.350 e. The smallest absolute Gasteiger partial charge is 0.350 e. The first-order chi connectivity index (χ1) is 21.0. The Kier molecular flexibility index (Phi) is 7.70. The van der Waals surface area contributed by atoms with Crippen LogP contribution in [0, 0.1) is 5.82 Å². The Hall–Kier alpha value is -4.23. The molecule has 0 unspecified atom stereocenters. The normalized spacial score (nSPS) is 17.5. The second-order valence-electron chi connectivity index (χ2n) is 11.1. The van der Waals surface area contributed by atoms with Crippen molar-refractivity contribution in [2.75, 3.05) is 30.8 Å². The Morgan fingerprint density at radius 3 is 2.55 bits per heavy atom. The third-order valence-corrected chi connectivity index (χ3v) is 9.52. The summed E-state index contributed by atoms with van der Waals surface area (Å²) >= 11 is 6.38. The van der Waals surface area contributed by atoms with E-state index >= 15 is 4.39 Å². The Morgan fingerprint density at radius 1 is 1.14 bits per heavy atom. The number of hydrogen-bond acceptors (Lipinski definition) is 9. The molecule has 1 saturated carbocycles. The fourth-order valence-electron chi connectivity index (χ4n) is 5.85. The van der Waals surface area contributed by atoms with E-state index in [0.717, 1.165) is 30.1 Å². The molecule has 4 aromatic heterocycles. The Labute approximate surface area is 258 Å². The van der Waals surface area contributed by atoms with Crippen molar-refractivity contribution < 1.29 is 17.6 Å². The summed E-state index contributed by atoms with van der Waals surface area (Å²) in [4.78, 5) is 47.3. The largest absolute Gasteiger partial charge is 0.355 e. The topological polar surface area (TPSA) is 131 Å². The number of amides is 1. The van der Waals surface area contributed by atoms with Crippen LogP contribution in [-0.4, -0.2) is 75.7 Å². The highest BCUT2D eigenvalue weighted by atomic mass is 35.5. The van der Waals surface area contributed by atoms with Gasteiger partial charge in [0.2, 0.25) is 5.91 Å². The maximum absolute atomic E-state index is 16.0. The first-order valence-corrected chi connectivity index (χ1v) is 16.4. The maximum Gasteiger partial charge on any atom is 0.355 e. The zero-order valence-corrected chi connectivity index (χ0v) is 25.6. The van der Waals surface area contributed by atoms with Crippen molar-refractivity contribution in [2.24, 2.45) is 0 Å². The van der Waals surface area contributed by atoms with Crippen molar-refractivity contribution in [3.05, 3.63) is 76.2 Å². The molecule has 11 nitrogen and oxygen atoms in total. The quantitative estimate of drug-likeness (QED) is 0.289. The van der Waals surface area contributed by atoms with E-state index < -0.39 is 21.3 Å². The number of halogens is 2. The highest BCUT2D eigenvalue weighted by Crippen LogP contribution is 2.41. The molecule has 14 heteroatoms. The highest BCUT2D eigenvalue weighted by Gasteiger charge is 2.33. The molecule has 0 spiro atoms. The lowest BCUT2D eigenvalue weighted by Crippen LogP contribution is -2.54. The Bertz CT molecular complexity index is 2000. The van der Waals surface area contributed by atoms with Gasteiger partial charge in [-0.1, -0.05) is 24.6 Å². The zero-order chi connectivity index (χ0) is 31.3. The molecule has 6 rings (SSSR count). The summed E-state index contributed by atoms with van der Waals surface area (Å²) in [6, 6.07) is 5.76. The van der Waals surface area contributed by atoms with Crippen LogP contribution in [0.15, 0.2) is 59.1 Å². The van der Waals surface area contributed by atoms with E-state index in [4.69, 9.17) is 11.6 Å². The summed E-state index contributed by atoms with van der Waals surface area (Å²) in [5.41, 5.74) is -0.297. The highest BCUT2D eigenvalue weighted by molar-refractivity contribution is 7.90. The van der Waals surface area contributed by atoms with Gasteiger partial charge in [-0.15, -0.1) is 0 Å². The van der Waals surface area contributed by atoms with E-state index in [0.29, 0.717) is 25.2 Å². The number of sulfone groups is 1. The van der Waals surface area contributed by atoms with Gasteiger partial charge < -0.3 is 9.80 Å². The predicted molar refractivity (Wildman–Crippen MR) is 164 cm³/mol. The van der Waals surface area contributed by atoms with E-state index in [1.54, 1.807) is 23.1 Å². The Balaban J connectivity index is 1.67. The second kappa shape index (κ2) is 11.4. The molecular weight excluding hydrogens is 609 g/mol. The molecule has 1 aliphatic carbocycles. The average Bonchev–Trinajstić information content (AvgIpc) is 2.95. The number of anilines is 1. The van der Waals surface area contributed by atoms with Crippen LogP contribution in [0.25, 0.3) is 28.1 Å². The van der Waals surface area contributed by atoms with Crippen LogP contribution in [-0.2, 0) is 14.6 Å². The molecule has 1 amide bonds. The van der Waals surface area contributed by atoms with Crippen molar-refractivity contribution in [3.8, 4) is 17.1 Å². The molecule has 1 aliphatic heterocycles. The van der Waals surface area contributed by atoms with Gasteiger partial charge in [-0.2, -0.15) is 4.98 Å². The van der Waals surface area contributed by atoms with Crippen molar-refractivity contribution in [3.63, 3.8) is 0 Å². The molecule has 0 radical (unpaired) electrons. The summed E-state index contributed by atoms with van der Waals surface area (Å²) in [6.07, 6.45) is 7.70. The maximum atomic E-state index is 16.0. The number of fused-ring (bicyclic) bond motifs is 1. The monoisotopic (exact) mass is 637 g/mol. The van der Waals surface area contributed by atoms with Crippen LogP contribution in [0.3, 0.4) is 0 Å². The number of piperazine rings is 1. The number of carbonyl (C=O) groups is 1. The third-order valence-electron chi connectivity index (χ3n) is 8.21. The SMILES string of the molecule is C=CC(=O)N1CCN(c2nc(=O)n(-c3c(C4CCC4)ccnc3S(C)(=O)=O)c3nc(-c4ncccc4Cl)c(F)cc23)[C@@H](C)C1. The summed E-state index contributed by atoms with van der Waals surface area (Å²) in [5, 5.41) is 0.0239. The van der Waals surface area contributed by atoms with Crippen LogP contribution in [0.4, 0.5) is 10.2 Å². The van der Waals surface area contributed by atoms with Crippen molar-refractivity contribution in [1.82, 2.24) is 29.4 Å². The lowest BCUT2D eigenvalue weighted by atomic mass is 9.79. The number of rotatable bonds is 6. The van der Waals surface area contributed by atoms with Gasteiger partial charge >= 0.3 is 5.69 Å². The molecule has 0 bridgehead atoms. The standard InChI is InChI=1S/C30H29ClFN7O4S/c1-4-23(40)37-13-14-38(17(2)16-37)27-20-15-22(32)25(24-21(31)9-6-11-33-24)35-28(20)39(30(41)36-27)26-19(18-7-5-8-18)10-12-34-29(26)44(3,42)43/h4,6,9-12,15,17-18H,1,5,7-8,13-14,16H2,2-3H3/t17-/m0/s1. The van der Waals surface area contributed by atoms with Gasteiger partial charge in [0.25, 0.3) is 0 Å². The number of carbonyl (C=O) groups excluding carboxylic acids is 1. The number of hydrogen-bond donors (Lipinski definition) is 0. The predicted octanol–water partition coefficient (Wildman–Crippen LogP) is 3.92. The molecule has 2 aliphatic rings. The lowest BCUT2D eigenvalue weighted by Gasteiger charge is -2.40. The first-order valence-electron chi connectivity index (χ1n) is 14.1. The van der Waals surface area contributed by atoms with E-state index in [-0.39, 0.29) is 61.8 Å². The third kappa shape index (κ3) is 5.13.